The van der Waals surface area contributed by atoms with Gasteiger partial charge in [0.05, 0.1) is 22.2 Å². The first-order chi connectivity index (χ1) is 15.8. The second kappa shape index (κ2) is 13.4. The fourth-order valence-electron chi connectivity index (χ4n) is 2.57. The molecule has 0 aliphatic carbocycles. The lowest BCUT2D eigenvalue weighted by molar-refractivity contribution is -0.147. The summed E-state index contributed by atoms with van der Waals surface area (Å²) < 4.78 is 9.95. The third kappa shape index (κ3) is 9.51. The van der Waals surface area contributed by atoms with Crippen LogP contribution in [0.4, 0.5) is 11.4 Å². The van der Waals surface area contributed by atoms with E-state index >= 15 is 0 Å². The number of anilines is 2. The lowest BCUT2D eigenvalue weighted by Crippen LogP contribution is -2.21. The number of rotatable bonds is 11. The number of halogens is 2. The van der Waals surface area contributed by atoms with E-state index in [0.717, 1.165) is 6.42 Å². The summed E-state index contributed by atoms with van der Waals surface area (Å²) >= 11 is 11.7. The van der Waals surface area contributed by atoms with E-state index in [1.54, 1.807) is 24.3 Å². The van der Waals surface area contributed by atoms with Crippen LogP contribution in [0.25, 0.3) is 0 Å². The van der Waals surface area contributed by atoms with Gasteiger partial charge in [0.25, 0.3) is 5.91 Å². The fraction of sp³-hybridized carbons (Fsp3) is 0.304. The topological polar surface area (TPSA) is 111 Å². The molecule has 0 atom stereocenters. The van der Waals surface area contributed by atoms with Crippen molar-refractivity contribution < 1.29 is 28.7 Å². The van der Waals surface area contributed by atoms with E-state index < -0.39 is 24.5 Å². The van der Waals surface area contributed by atoms with Crippen molar-refractivity contribution >= 4 is 58.3 Å². The van der Waals surface area contributed by atoms with Crippen molar-refractivity contribution in [2.24, 2.45) is 0 Å². The average molecular weight is 495 g/mol. The number of hydrogen-bond donors (Lipinski definition) is 2. The van der Waals surface area contributed by atoms with Crippen molar-refractivity contribution in [3.63, 3.8) is 0 Å². The molecule has 0 heterocycles. The summed E-state index contributed by atoms with van der Waals surface area (Å²) in [6.45, 7) is 1.77. The molecule has 33 heavy (non-hydrogen) atoms. The maximum atomic E-state index is 11.9. The number of esters is 2. The number of nitrogens with one attached hydrogen (secondary N) is 2. The third-order valence-electron chi connectivity index (χ3n) is 4.19. The van der Waals surface area contributed by atoms with Gasteiger partial charge >= 0.3 is 11.9 Å². The average Bonchev–Trinajstić information content (AvgIpc) is 2.79. The Kier molecular flexibility index (Phi) is 10.7. The summed E-state index contributed by atoms with van der Waals surface area (Å²) in [6, 6.07) is 10.9. The smallest absolute Gasteiger partial charge is 0.338 e. The van der Waals surface area contributed by atoms with Crippen LogP contribution in [0.15, 0.2) is 42.5 Å². The molecule has 0 fully saturated rings. The van der Waals surface area contributed by atoms with Gasteiger partial charge < -0.3 is 20.1 Å². The van der Waals surface area contributed by atoms with Crippen LogP contribution in [0.2, 0.25) is 10.0 Å². The van der Waals surface area contributed by atoms with Crippen molar-refractivity contribution in [1.82, 2.24) is 0 Å². The Morgan fingerprint density at radius 1 is 0.818 bits per heavy atom. The Balaban J connectivity index is 1.65. The van der Waals surface area contributed by atoms with Gasteiger partial charge in [-0.3, -0.25) is 14.4 Å². The molecule has 2 N–H and O–H groups in total. The van der Waals surface area contributed by atoms with Crippen LogP contribution in [0.1, 0.15) is 43.0 Å². The molecule has 2 aromatic rings. The van der Waals surface area contributed by atoms with Crippen molar-refractivity contribution in [2.45, 2.75) is 32.6 Å². The van der Waals surface area contributed by atoms with E-state index in [-0.39, 0.29) is 25.2 Å². The fourth-order valence-corrected chi connectivity index (χ4v) is 2.87. The first-order valence-corrected chi connectivity index (χ1v) is 11.0. The summed E-state index contributed by atoms with van der Waals surface area (Å²) in [5, 5.41) is 5.92. The zero-order chi connectivity index (χ0) is 24.2. The number of hydrogen-bond acceptors (Lipinski definition) is 6. The molecule has 2 amide bonds. The van der Waals surface area contributed by atoms with Crippen molar-refractivity contribution in [1.29, 1.82) is 0 Å². The number of ether oxygens (including phenoxy) is 2. The predicted octanol–water partition coefficient (Wildman–Crippen LogP) is 4.85. The zero-order valence-electron chi connectivity index (χ0n) is 18.0. The van der Waals surface area contributed by atoms with Gasteiger partial charge in [-0.2, -0.15) is 0 Å². The first kappa shape index (κ1) is 26.2. The number of carbonyl (C=O) groups excluding carboxylic acids is 4. The number of benzene rings is 2. The number of amides is 2. The molecule has 2 rings (SSSR count). The minimum absolute atomic E-state index is 0.0172. The zero-order valence-corrected chi connectivity index (χ0v) is 19.5. The van der Waals surface area contributed by atoms with Crippen LogP contribution < -0.4 is 10.6 Å². The van der Waals surface area contributed by atoms with E-state index in [9.17, 15) is 19.2 Å². The minimum atomic E-state index is -0.596. The van der Waals surface area contributed by atoms with Gasteiger partial charge in [-0.15, -0.1) is 0 Å². The van der Waals surface area contributed by atoms with Crippen LogP contribution in [0.3, 0.4) is 0 Å². The van der Waals surface area contributed by atoms with Gasteiger partial charge in [-0.25, -0.2) is 4.79 Å². The molecule has 0 unspecified atom stereocenters. The molecule has 2 aromatic carbocycles. The van der Waals surface area contributed by atoms with Gasteiger partial charge in [0.2, 0.25) is 5.91 Å². The Hall–Kier alpha value is -3.10. The molecule has 8 nitrogen and oxygen atoms in total. The van der Waals surface area contributed by atoms with Gasteiger partial charge in [0, 0.05) is 24.2 Å². The summed E-state index contributed by atoms with van der Waals surface area (Å²) in [5.41, 5.74) is 1.32. The molecule has 0 aromatic heterocycles. The second-order valence-electron chi connectivity index (χ2n) is 6.95. The van der Waals surface area contributed by atoms with Crippen LogP contribution in [0.5, 0.6) is 0 Å². The summed E-state index contributed by atoms with van der Waals surface area (Å²) in [7, 11) is 0. The quantitative estimate of drug-likeness (QED) is 0.431. The van der Waals surface area contributed by atoms with Crippen molar-refractivity contribution in [3.05, 3.63) is 58.1 Å². The largest absolute Gasteiger partial charge is 0.462 e. The van der Waals surface area contributed by atoms with Gasteiger partial charge in [-0.1, -0.05) is 30.1 Å². The van der Waals surface area contributed by atoms with Gasteiger partial charge in [0.15, 0.2) is 6.61 Å². The highest BCUT2D eigenvalue weighted by Gasteiger charge is 2.11. The monoisotopic (exact) mass is 494 g/mol. The molecule has 0 saturated heterocycles. The highest BCUT2D eigenvalue weighted by atomic mass is 35.5. The maximum absolute atomic E-state index is 11.9. The molecule has 0 aliphatic rings. The highest BCUT2D eigenvalue weighted by Crippen LogP contribution is 2.25. The molecule has 10 heteroatoms. The molecular formula is C23H24Cl2N2O6. The summed E-state index contributed by atoms with van der Waals surface area (Å²) in [4.78, 5) is 47.5. The van der Waals surface area contributed by atoms with Crippen LogP contribution in [-0.2, 0) is 23.9 Å². The predicted molar refractivity (Wildman–Crippen MR) is 126 cm³/mol. The third-order valence-corrected chi connectivity index (χ3v) is 4.93. The Morgan fingerprint density at radius 3 is 2.15 bits per heavy atom. The molecular weight excluding hydrogens is 471 g/mol. The summed E-state index contributed by atoms with van der Waals surface area (Å²) in [5.74, 6) is -1.85. The van der Waals surface area contributed by atoms with Gasteiger partial charge in [0.1, 0.15) is 0 Å². The molecule has 0 bridgehead atoms. The van der Waals surface area contributed by atoms with E-state index in [1.807, 2.05) is 6.92 Å². The van der Waals surface area contributed by atoms with Crippen molar-refractivity contribution in [2.75, 3.05) is 23.8 Å². The second-order valence-corrected chi connectivity index (χ2v) is 7.77. The molecule has 0 spiro atoms. The highest BCUT2D eigenvalue weighted by molar-refractivity contribution is 6.42. The molecule has 0 radical (unpaired) electrons. The van der Waals surface area contributed by atoms with E-state index in [1.165, 1.54) is 18.2 Å². The van der Waals surface area contributed by atoms with Crippen LogP contribution in [-0.4, -0.2) is 37.0 Å². The van der Waals surface area contributed by atoms with Crippen LogP contribution in [0, 0.1) is 0 Å². The van der Waals surface area contributed by atoms with Gasteiger partial charge in [-0.05, 0) is 55.3 Å². The van der Waals surface area contributed by atoms with Crippen LogP contribution >= 0.6 is 23.2 Å². The first-order valence-electron chi connectivity index (χ1n) is 10.3. The minimum Gasteiger partial charge on any atom is -0.462 e. The molecule has 0 saturated carbocycles. The molecule has 0 aliphatic heterocycles. The standard InChI is InChI=1S/C23H24Cl2N2O6/c1-2-12-32-23(31)15-6-8-16(9-7-15)26-21(29)14-33-22(30)5-3-4-20(28)27-17-10-11-18(24)19(25)13-17/h6-11,13H,2-5,12,14H2,1H3,(H,26,29)(H,27,28). The molecule has 176 valence electrons. The lowest BCUT2D eigenvalue weighted by Gasteiger charge is -2.08. The Labute approximate surface area is 201 Å². The summed E-state index contributed by atoms with van der Waals surface area (Å²) in [6.07, 6.45) is 1.05. The Morgan fingerprint density at radius 2 is 1.48 bits per heavy atom. The number of carbonyl (C=O) groups is 4. The maximum Gasteiger partial charge on any atom is 0.338 e. The van der Waals surface area contributed by atoms with E-state index in [2.05, 4.69) is 10.6 Å². The lowest BCUT2D eigenvalue weighted by atomic mass is 10.2. The SMILES string of the molecule is CCCOC(=O)c1ccc(NC(=O)COC(=O)CCCC(=O)Nc2ccc(Cl)c(Cl)c2)cc1. The Bertz CT molecular complexity index is 995. The van der Waals surface area contributed by atoms with E-state index in [4.69, 9.17) is 32.7 Å². The normalized spacial score (nSPS) is 10.3. The van der Waals surface area contributed by atoms with E-state index in [0.29, 0.717) is 33.6 Å². The van der Waals surface area contributed by atoms with Crippen molar-refractivity contribution in [3.8, 4) is 0 Å².